The Labute approximate surface area is 131 Å². The lowest BCUT2D eigenvalue weighted by Crippen LogP contribution is -2.44. The summed E-state index contributed by atoms with van der Waals surface area (Å²) in [4.78, 5) is 0. The van der Waals surface area contributed by atoms with Crippen LogP contribution in [0, 0.1) is 5.41 Å². The van der Waals surface area contributed by atoms with Crippen molar-refractivity contribution in [2.24, 2.45) is 5.41 Å². The fourth-order valence-electron chi connectivity index (χ4n) is 4.94. The Morgan fingerprint density at radius 2 is 1.57 bits per heavy atom. The minimum absolute atomic E-state index is 0.235. The zero-order valence-electron chi connectivity index (χ0n) is 14.5. The van der Waals surface area contributed by atoms with Gasteiger partial charge in [-0.15, -0.1) is 0 Å². The molecule has 2 nitrogen and oxygen atoms in total. The Balaban J connectivity index is 1.58. The molecule has 21 heavy (non-hydrogen) atoms. The van der Waals surface area contributed by atoms with Gasteiger partial charge in [-0.1, -0.05) is 25.7 Å². The lowest BCUT2D eigenvalue weighted by atomic mass is 9.79. The van der Waals surface area contributed by atoms with Gasteiger partial charge in [0.15, 0.2) is 0 Å². The second-order valence-corrected chi connectivity index (χ2v) is 9.18. The molecule has 1 saturated heterocycles. The van der Waals surface area contributed by atoms with Crippen molar-refractivity contribution in [1.29, 1.82) is 0 Å². The first-order valence-electron chi connectivity index (χ1n) is 9.33. The van der Waals surface area contributed by atoms with Crippen LogP contribution in [0.5, 0.6) is 0 Å². The third kappa shape index (κ3) is 3.82. The third-order valence-electron chi connectivity index (χ3n) is 6.17. The molecule has 2 heteroatoms. The van der Waals surface area contributed by atoms with Crippen LogP contribution in [0.4, 0.5) is 0 Å². The molecule has 1 heterocycles. The highest BCUT2D eigenvalue weighted by atomic mass is 16.5. The van der Waals surface area contributed by atoms with Crippen LogP contribution < -0.4 is 5.32 Å². The Kier molecular flexibility index (Phi) is 4.40. The van der Waals surface area contributed by atoms with Gasteiger partial charge in [0.25, 0.3) is 0 Å². The van der Waals surface area contributed by atoms with E-state index in [9.17, 15) is 0 Å². The average molecular weight is 293 g/mol. The van der Waals surface area contributed by atoms with Crippen LogP contribution in [-0.2, 0) is 4.74 Å². The first-order chi connectivity index (χ1) is 9.91. The van der Waals surface area contributed by atoms with E-state index in [1.54, 1.807) is 0 Å². The topological polar surface area (TPSA) is 21.3 Å². The molecule has 3 aliphatic rings. The molecule has 3 fully saturated rings. The molecule has 0 aromatic rings. The molecule has 1 spiro atoms. The normalized spacial score (nSPS) is 31.3. The second-order valence-electron chi connectivity index (χ2n) is 9.18. The quantitative estimate of drug-likeness (QED) is 0.802. The van der Waals surface area contributed by atoms with Crippen molar-refractivity contribution < 1.29 is 4.74 Å². The van der Waals surface area contributed by atoms with Crippen LogP contribution in [-0.4, -0.2) is 23.8 Å². The summed E-state index contributed by atoms with van der Waals surface area (Å²) in [7, 11) is 0. The van der Waals surface area contributed by atoms with E-state index in [0.29, 0.717) is 17.1 Å². The van der Waals surface area contributed by atoms with Gasteiger partial charge in [0, 0.05) is 12.1 Å². The SMILES string of the molecule is CC(C)(C)NCC1(CC2CCC3(CCCC3)O2)CCCC1. The van der Waals surface area contributed by atoms with Gasteiger partial charge < -0.3 is 10.1 Å². The molecule has 0 radical (unpaired) electrons. The first-order valence-corrected chi connectivity index (χ1v) is 9.33. The summed E-state index contributed by atoms with van der Waals surface area (Å²) in [6.07, 6.45) is 15.6. The van der Waals surface area contributed by atoms with Gasteiger partial charge in [-0.25, -0.2) is 0 Å². The zero-order chi connectivity index (χ0) is 15.0. The van der Waals surface area contributed by atoms with Crippen molar-refractivity contribution >= 4 is 0 Å². The van der Waals surface area contributed by atoms with E-state index in [2.05, 4.69) is 26.1 Å². The molecule has 1 atom stereocenters. The number of ether oxygens (including phenoxy) is 1. The largest absolute Gasteiger partial charge is 0.372 e. The van der Waals surface area contributed by atoms with Gasteiger partial charge in [0.2, 0.25) is 0 Å². The van der Waals surface area contributed by atoms with E-state index in [0.717, 1.165) is 0 Å². The predicted octanol–water partition coefficient (Wildman–Crippen LogP) is 4.82. The van der Waals surface area contributed by atoms with Gasteiger partial charge in [-0.3, -0.25) is 0 Å². The Hall–Kier alpha value is -0.0800. The van der Waals surface area contributed by atoms with E-state index in [1.807, 2.05) is 0 Å². The van der Waals surface area contributed by atoms with Crippen molar-refractivity contribution in [2.45, 2.75) is 109 Å². The van der Waals surface area contributed by atoms with Gasteiger partial charge in [0.1, 0.15) is 0 Å². The van der Waals surface area contributed by atoms with Gasteiger partial charge in [-0.05, 0) is 71.1 Å². The van der Waals surface area contributed by atoms with Crippen molar-refractivity contribution in [2.75, 3.05) is 6.54 Å². The molecule has 0 aromatic heterocycles. The van der Waals surface area contributed by atoms with Crippen molar-refractivity contribution in [3.05, 3.63) is 0 Å². The van der Waals surface area contributed by atoms with Crippen molar-refractivity contribution in [3.8, 4) is 0 Å². The maximum absolute atomic E-state index is 6.60. The number of hydrogen-bond acceptors (Lipinski definition) is 2. The first kappa shape index (κ1) is 15.8. The number of rotatable bonds is 4. The highest BCUT2D eigenvalue weighted by Gasteiger charge is 2.45. The smallest absolute Gasteiger partial charge is 0.0687 e. The van der Waals surface area contributed by atoms with E-state index < -0.39 is 0 Å². The summed E-state index contributed by atoms with van der Waals surface area (Å²) < 4.78 is 6.60. The van der Waals surface area contributed by atoms with Crippen molar-refractivity contribution in [3.63, 3.8) is 0 Å². The molecule has 2 aliphatic carbocycles. The summed E-state index contributed by atoms with van der Waals surface area (Å²) in [6, 6.07) is 0. The molecule has 0 bridgehead atoms. The zero-order valence-corrected chi connectivity index (χ0v) is 14.5. The third-order valence-corrected chi connectivity index (χ3v) is 6.17. The van der Waals surface area contributed by atoms with Crippen LogP contribution in [0.3, 0.4) is 0 Å². The summed E-state index contributed by atoms with van der Waals surface area (Å²) in [5, 5.41) is 3.78. The van der Waals surface area contributed by atoms with E-state index >= 15 is 0 Å². The molecule has 0 aromatic carbocycles. The predicted molar refractivity (Wildman–Crippen MR) is 88.6 cm³/mol. The number of hydrogen-bond donors (Lipinski definition) is 1. The Bertz CT molecular complexity index is 345. The van der Waals surface area contributed by atoms with E-state index in [-0.39, 0.29) is 5.54 Å². The molecule has 2 saturated carbocycles. The summed E-state index contributed by atoms with van der Waals surface area (Å²) in [6.45, 7) is 8.04. The van der Waals surface area contributed by atoms with Crippen LogP contribution >= 0.6 is 0 Å². The van der Waals surface area contributed by atoms with Crippen LogP contribution in [0.1, 0.15) is 91.4 Å². The molecule has 3 rings (SSSR count). The highest BCUT2D eigenvalue weighted by Crippen LogP contribution is 2.49. The number of nitrogens with one attached hydrogen (secondary N) is 1. The van der Waals surface area contributed by atoms with Crippen LogP contribution in [0.25, 0.3) is 0 Å². The molecular weight excluding hydrogens is 258 g/mol. The molecule has 1 aliphatic heterocycles. The van der Waals surface area contributed by atoms with Crippen LogP contribution in [0.2, 0.25) is 0 Å². The second kappa shape index (κ2) is 5.85. The lowest BCUT2D eigenvalue weighted by Gasteiger charge is -2.36. The average Bonchev–Trinajstić information content (AvgIpc) is 3.12. The highest BCUT2D eigenvalue weighted by molar-refractivity contribution is 4.97. The van der Waals surface area contributed by atoms with E-state index in [4.69, 9.17) is 4.74 Å². The Morgan fingerprint density at radius 1 is 0.952 bits per heavy atom. The minimum atomic E-state index is 0.235. The summed E-state index contributed by atoms with van der Waals surface area (Å²) in [5.74, 6) is 0. The molecular formula is C19H35NO. The maximum Gasteiger partial charge on any atom is 0.0687 e. The summed E-state index contributed by atoms with van der Waals surface area (Å²) in [5.41, 5.74) is 1.06. The molecule has 122 valence electrons. The van der Waals surface area contributed by atoms with E-state index in [1.165, 1.54) is 77.2 Å². The van der Waals surface area contributed by atoms with Gasteiger partial charge in [-0.2, -0.15) is 0 Å². The molecule has 0 amide bonds. The fraction of sp³-hybridized carbons (Fsp3) is 1.00. The fourth-order valence-corrected chi connectivity index (χ4v) is 4.94. The molecule has 1 unspecified atom stereocenters. The van der Waals surface area contributed by atoms with Gasteiger partial charge in [0.05, 0.1) is 11.7 Å². The molecule has 1 N–H and O–H groups in total. The van der Waals surface area contributed by atoms with Gasteiger partial charge >= 0.3 is 0 Å². The summed E-state index contributed by atoms with van der Waals surface area (Å²) >= 11 is 0. The monoisotopic (exact) mass is 293 g/mol. The maximum atomic E-state index is 6.60. The minimum Gasteiger partial charge on any atom is -0.372 e. The standard InChI is InChI=1S/C19H35NO/c1-17(2,3)20-15-18(9-4-5-10-18)14-16-8-13-19(21-16)11-6-7-12-19/h16,20H,4-15H2,1-3H3. The van der Waals surface area contributed by atoms with Crippen LogP contribution in [0.15, 0.2) is 0 Å². The lowest BCUT2D eigenvalue weighted by molar-refractivity contribution is -0.0534. The Morgan fingerprint density at radius 3 is 2.19 bits per heavy atom. The van der Waals surface area contributed by atoms with Crippen molar-refractivity contribution in [1.82, 2.24) is 5.32 Å².